The van der Waals surface area contributed by atoms with Crippen LogP contribution >= 0.6 is 12.4 Å². The van der Waals surface area contributed by atoms with E-state index in [-0.39, 0.29) is 12.4 Å². The van der Waals surface area contributed by atoms with Gasteiger partial charge in [-0.3, -0.25) is 9.69 Å². The fraction of sp³-hybridized carbons (Fsp3) is 0.941. The fourth-order valence-corrected chi connectivity index (χ4v) is 4.81. The first kappa shape index (κ1) is 18.0. The summed E-state index contributed by atoms with van der Waals surface area (Å²) in [6.07, 6.45) is 8.93. The van der Waals surface area contributed by atoms with E-state index in [2.05, 4.69) is 16.7 Å². The molecule has 3 aliphatic rings. The van der Waals surface area contributed by atoms with E-state index < -0.39 is 0 Å². The second-order valence-corrected chi connectivity index (χ2v) is 7.46. The second kappa shape index (κ2) is 7.98. The minimum absolute atomic E-state index is 0. The monoisotopic (exact) mass is 329 g/mol. The van der Waals surface area contributed by atoms with Crippen LogP contribution in [0.3, 0.4) is 0 Å². The van der Waals surface area contributed by atoms with E-state index in [9.17, 15) is 4.79 Å². The normalized spacial score (nSPS) is 35.8. The lowest BCUT2D eigenvalue weighted by Gasteiger charge is -2.44. The van der Waals surface area contributed by atoms with Gasteiger partial charge in [-0.05, 0) is 57.4 Å². The van der Waals surface area contributed by atoms with Gasteiger partial charge in [-0.2, -0.15) is 0 Å². The van der Waals surface area contributed by atoms with Crippen LogP contribution in [-0.2, 0) is 4.79 Å². The summed E-state index contributed by atoms with van der Waals surface area (Å²) in [7, 11) is 0. The van der Waals surface area contributed by atoms with Crippen LogP contribution in [0.4, 0.5) is 0 Å². The minimum atomic E-state index is 0. The van der Waals surface area contributed by atoms with Gasteiger partial charge in [0.05, 0.1) is 6.54 Å². The summed E-state index contributed by atoms with van der Waals surface area (Å²) >= 11 is 0. The standard InChI is InChI=1S/C17H31N3O.ClH/c1-13-9-14(10-18)11-19(13)12-17(21)20-8-4-6-15-5-2-3-7-16(15)20;/h13-16H,2-12,18H2,1H3;1H. The number of fused-ring (bicyclic) bond motifs is 1. The number of hydrogen-bond donors (Lipinski definition) is 1. The van der Waals surface area contributed by atoms with Gasteiger partial charge >= 0.3 is 0 Å². The van der Waals surface area contributed by atoms with Crippen molar-refractivity contribution < 1.29 is 4.79 Å². The SMILES string of the molecule is CC1CC(CN)CN1CC(=O)N1CCCC2CCCCC21.Cl. The first-order valence-corrected chi connectivity index (χ1v) is 8.92. The smallest absolute Gasteiger partial charge is 0.237 e. The molecule has 2 heterocycles. The highest BCUT2D eigenvalue weighted by Gasteiger charge is 2.37. The fourth-order valence-electron chi connectivity index (χ4n) is 4.81. The van der Waals surface area contributed by atoms with Gasteiger partial charge < -0.3 is 10.6 Å². The molecule has 2 N–H and O–H groups in total. The zero-order chi connectivity index (χ0) is 14.8. The topological polar surface area (TPSA) is 49.6 Å². The summed E-state index contributed by atoms with van der Waals surface area (Å²) < 4.78 is 0. The van der Waals surface area contributed by atoms with Crippen molar-refractivity contribution in [3.63, 3.8) is 0 Å². The molecular formula is C17H32ClN3O. The van der Waals surface area contributed by atoms with Gasteiger partial charge in [0, 0.05) is 25.2 Å². The van der Waals surface area contributed by atoms with Crippen LogP contribution in [-0.4, -0.2) is 54.0 Å². The Balaban J connectivity index is 0.00000176. The van der Waals surface area contributed by atoms with Crippen molar-refractivity contribution >= 4 is 18.3 Å². The number of carbonyl (C=O) groups excluding carboxylic acids is 1. The summed E-state index contributed by atoms with van der Waals surface area (Å²) in [5.74, 6) is 1.73. The van der Waals surface area contributed by atoms with Gasteiger partial charge in [0.2, 0.25) is 5.91 Å². The average Bonchev–Trinajstić information content (AvgIpc) is 2.87. The van der Waals surface area contributed by atoms with Crippen molar-refractivity contribution in [3.05, 3.63) is 0 Å². The Labute approximate surface area is 141 Å². The number of nitrogens with two attached hydrogens (primary N) is 1. The van der Waals surface area contributed by atoms with E-state index in [4.69, 9.17) is 5.73 Å². The summed E-state index contributed by atoms with van der Waals surface area (Å²) in [6, 6.07) is 1.05. The third-order valence-electron chi connectivity index (χ3n) is 6.03. The highest BCUT2D eigenvalue weighted by Crippen LogP contribution is 2.35. The lowest BCUT2D eigenvalue weighted by atomic mass is 9.78. The maximum atomic E-state index is 12.8. The Kier molecular flexibility index (Phi) is 6.54. The van der Waals surface area contributed by atoms with Crippen LogP contribution in [0.5, 0.6) is 0 Å². The van der Waals surface area contributed by atoms with E-state index in [0.29, 0.717) is 30.5 Å². The molecule has 0 aromatic heterocycles. The number of amides is 1. The average molecular weight is 330 g/mol. The predicted molar refractivity (Wildman–Crippen MR) is 92.1 cm³/mol. The third kappa shape index (κ3) is 3.77. The maximum Gasteiger partial charge on any atom is 0.237 e. The van der Waals surface area contributed by atoms with Crippen molar-refractivity contribution in [1.29, 1.82) is 0 Å². The van der Waals surface area contributed by atoms with E-state index >= 15 is 0 Å². The van der Waals surface area contributed by atoms with Crippen LogP contribution in [0.15, 0.2) is 0 Å². The van der Waals surface area contributed by atoms with Gasteiger partial charge in [-0.1, -0.05) is 12.8 Å². The number of likely N-dealkylation sites (tertiary alicyclic amines) is 2. The molecule has 4 atom stereocenters. The molecule has 1 aliphatic carbocycles. The molecule has 5 heteroatoms. The van der Waals surface area contributed by atoms with E-state index in [0.717, 1.165) is 32.0 Å². The van der Waals surface area contributed by atoms with Crippen molar-refractivity contribution in [2.24, 2.45) is 17.6 Å². The Morgan fingerprint density at radius 3 is 2.64 bits per heavy atom. The number of rotatable bonds is 3. The number of carbonyl (C=O) groups is 1. The molecule has 2 aliphatic heterocycles. The number of halogens is 1. The maximum absolute atomic E-state index is 12.8. The van der Waals surface area contributed by atoms with Crippen molar-refractivity contribution in [1.82, 2.24) is 9.80 Å². The molecule has 1 amide bonds. The van der Waals surface area contributed by atoms with Crippen molar-refractivity contribution in [2.75, 3.05) is 26.2 Å². The summed E-state index contributed by atoms with van der Waals surface area (Å²) in [5.41, 5.74) is 5.80. The van der Waals surface area contributed by atoms with Crippen LogP contribution < -0.4 is 5.73 Å². The summed E-state index contributed by atoms with van der Waals surface area (Å²) in [4.78, 5) is 17.4. The first-order chi connectivity index (χ1) is 10.2. The molecule has 4 unspecified atom stereocenters. The van der Waals surface area contributed by atoms with Crippen LogP contribution in [0.1, 0.15) is 51.9 Å². The molecule has 0 aromatic rings. The van der Waals surface area contributed by atoms with Gasteiger partial charge in [-0.25, -0.2) is 0 Å². The minimum Gasteiger partial charge on any atom is -0.338 e. The summed E-state index contributed by atoms with van der Waals surface area (Å²) in [6.45, 7) is 5.60. The molecule has 3 rings (SSSR count). The Bertz CT molecular complexity index is 377. The molecule has 4 nitrogen and oxygen atoms in total. The number of piperidine rings is 1. The Morgan fingerprint density at radius 1 is 1.18 bits per heavy atom. The van der Waals surface area contributed by atoms with Crippen molar-refractivity contribution in [2.45, 2.75) is 64.0 Å². The highest BCUT2D eigenvalue weighted by molar-refractivity contribution is 5.85. The predicted octanol–water partition coefficient (Wildman–Crippen LogP) is 2.26. The van der Waals surface area contributed by atoms with E-state index in [1.807, 2.05) is 0 Å². The molecular weight excluding hydrogens is 298 g/mol. The molecule has 22 heavy (non-hydrogen) atoms. The highest BCUT2D eigenvalue weighted by atomic mass is 35.5. The number of hydrogen-bond acceptors (Lipinski definition) is 3. The van der Waals surface area contributed by atoms with E-state index in [1.54, 1.807) is 0 Å². The van der Waals surface area contributed by atoms with Crippen LogP contribution in [0, 0.1) is 11.8 Å². The molecule has 0 bridgehead atoms. The largest absolute Gasteiger partial charge is 0.338 e. The zero-order valence-electron chi connectivity index (χ0n) is 13.9. The molecule has 0 spiro atoms. The van der Waals surface area contributed by atoms with E-state index in [1.165, 1.54) is 38.5 Å². The third-order valence-corrected chi connectivity index (χ3v) is 6.03. The second-order valence-electron chi connectivity index (χ2n) is 7.46. The first-order valence-electron chi connectivity index (χ1n) is 8.92. The van der Waals surface area contributed by atoms with Gasteiger partial charge in [-0.15, -0.1) is 12.4 Å². The van der Waals surface area contributed by atoms with Gasteiger partial charge in [0.1, 0.15) is 0 Å². The lowest BCUT2D eigenvalue weighted by Crippen LogP contribution is -2.52. The molecule has 0 aromatic carbocycles. The van der Waals surface area contributed by atoms with Gasteiger partial charge in [0.25, 0.3) is 0 Å². The molecule has 128 valence electrons. The van der Waals surface area contributed by atoms with Crippen LogP contribution in [0.2, 0.25) is 0 Å². The summed E-state index contributed by atoms with van der Waals surface area (Å²) in [5, 5.41) is 0. The van der Waals surface area contributed by atoms with Crippen LogP contribution in [0.25, 0.3) is 0 Å². The molecule has 2 saturated heterocycles. The molecule has 1 saturated carbocycles. The van der Waals surface area contributed by atoms with Crippen molar-refractivity contribution in [3.8, 4) is 0 Å². The lowest BCUT2D eigenvalue weighted by molar-refractivity contribution is -0.139. The Hall–Kier alpha value is -0.320. The Morgan fingerprint density at radius 2 is 1.91 bits per heavy atom. The molecule has 3 fully saturated rings. The number of nitrogens with zero attached hydrogens (tertiary/aromatic N) is 2. The molecule has 0 radical (unpaired) electrons. The quantitative estimate of drug-likeness (QED) is 0.864. The zero-order valence-corrected chi connectivity index (χ0v) is 14.7. The van der Waals surface area contributed by atoms with Gasteiger partial charge in [0.15, 0.2) is 0 Å².